The van der Waals surface area contributed by atoms with Gasteiger partial charge in [-0.05, 0) is 0 Å². The zero-order valence-electron chi connectivity index (χ0n) is 5.67. The summed E-state index contributed by atoms with van der Waals surface area (Å²) in [6.45, 7) is -0.527. The summed E-state index contributed by atoms with van der Waals surface area (Å²) in [5.41, 5.74) is 0. The third kappa shape index (κ3) is 4.32. The largest absolute Gasteiger partial charge is 0.389 e. The highest BCUT2D eigenvalue weighted by atomic mass is 19.1. The maximum atomic E-state index is 11.6. The lowest BCUT2D eigenvalue weighted by atomic mass is 10.4. The van der Waals surface area contributed by atoms with E-state index in [2.05, 4.69) is 4.84 Å². The lowest BCUT2D eigenvalue weighted by Crippen LogP contribution is -2.29. The third-order valence-corrected chi connectivity index (χ3v) is 0.958. The summed E-state index contributed by atoms with van der Waals surface area (Å²) in [6, 6.07) is 0. The quantitative estimate of drug-likeness (QED) is 0.545. The number of nitrogens with zero attached hydrogens (tertiary/aromatic N) is 1. The predicted molar refractivity (Wildman–Crippen MR) is 31.6 cm³/mol. The van der Waals surface area contributed by atoms with Crippen molar-refractivity contribution in [2.75, 3.05) is 27.4 Å². The molecule has 3 nitrogen and oxygen atoms in total. The molecule has 0 bridgehead atoms. The normalized spacial score (nSPS) is 14.3. The Kier molecular flexibility index (Phi) is 4.57. The molecule has 1 atom stereocenters. The summed E-state index contributed by atoms with van der Waals surface area (Å²) in [5.74, 6) is 0. The zero-order chi connectivity index (χ0) is 7.28. The van der Waals surface area contributed by atoms with Gasteiger partial charge in [0.1, 0.15) is 6.67 Å². The topological polar surface area (TPSA) is 32.7 Å². The van der Waals surface area contributed by atoms with Crippen molar-refractivity contribution in [3.63, 3.8) is 0 Å². The highest BCUT2D eigenvalue weighted by Gasteiger charge is 2.05. The second-order valence-corrected chi connectivity index (χ2v) is 1.80. The van der Waals surface area contributed by atoms with E-state index in [0.29, 0.717) is 0 Å². The number of likely N-dealkylation sites (N-methyl/N-ethyl adjacent to an activating group) is 1. The Balaban J connectivity index is 3.22. The van der Waals surface area contributed by atoms with Crippen LogP contribution in [0, 0.1) is 0 Å². The van der Waals surface area contributed by atoms with Crippen molar-refractivity contribution < 1.29 is 14.3 Å². The van der Waals surface area contributed by atoms with Gasteiger partial charge in [-0.3, -0.25) is 0 Å². The van der Waals surface area contributed by atoms with Crippen molar-refractivity contribution in [3.05, 3.63) is 0 Å². The number of alkyl halides is 1. The van der Waals surface area contributed by atoms with Gasteiger partial charge in [0.05, 0.1) is 19.8 Å². The molecule has 0 aromatic carbocycles. The maximum Gasteiger partial charge on any atom is 0.117 e. The van der Waals surface area contributed by atoms with Crippen LogP contribution in [0.4, 0.5) is 4.39 Å². The van der Waals surface area contributed by atoms with E-state index >= 15 is 0 Å². The number of aliphatic hydroxyl groups is 1. The molecule has 0 spiro atoms. The molecule has 9 heavy (non-hydrogen) atoms. The van der Waals surface area contributed by atoms with Gasteiger partial charge in [0.2, 0.25) is 0 Å². The minimum Gasteiger partial charge on any atom is -0.389 e. The first-order valence-electron chi connectivity index (χ1n) is 2.70. The molecule has 0 aliphatic rings. The van der Waals surface area contributed by atoms with Crippen LogP contribution in [0.3, 0.4) is 0 Å². The summed E-state index contributed by atoms with van der Waals surface area (Å²) in [4.78, 5) is 4.63. The summed E-state index contributed by atoms with van der Waals surface area (Å²) in [7, 11) is 3.09. The van der Waals surface area contributed by atoms with Gasteiger partial charge in [-0.2, -0.15) is 5.06 Å². The molecule has 0 saturated carbocycles. The van der Waals surface area contributed by atoms with Gasteiger partial charge in [0.25, 0.3) is 0 Å². The fourth-order valence-electron chi connectivity index (χ4n) is 0.420. The predicted octanol–water partition coefficient (Wildman–Crippen LogP) is -0.190. The van der Waals surface area contributed by atoms with Crippen molar-refractivity contribution in [3.8, 4) is 0 Å². The van der Waals surface area contributed by atoms with Crippen LogP contribution in [0.5, 0.6) is 0 Å². The van der Waals surface area contributed by atoms with Crippen molar-refractivity contribution in [1.29, 1.82) is 0 Å². The first-order valence-corrected chi connectivity index (χ1v) is 2.70. The highest BCUT2D eigenvalue weighted by molar-refractivity contribution is 4.52. The summed E-state index contributed by atoms with van der Waals surface area (Å²) in [5, 5.41) is 10.0. The van der Waals surface area contributed by atoms with Crippen LogP contribution in [-0.4, -0.2) is 43.7 Å². The monoisotopic (exact) mass is 137 g/mol. The standard InChI is InChI=1S/C5H12FNO2/c1-7(9-2)4-5(8)3-6/h5,8H,3-4H2,1-2H3. The molecule has 0 aromatic rings. The van der Waals surface area contributed by atoms with E-state index in [-0.39, 0.29) is 6.54 Å². The van der Waals surface area contributed by atoms with Crippen LogP contribution in [0.2, 0.25) is 0 Å². The lowest BCUT2D eigenvalue weighted by Gasteiger charge is -2.15. The molecule has 0 fully saturated rings. The molecule has 0 radical (unpaired) electrons. The van der Waals surface area contributed by atoms with E-state index in [1.54, 1.807) is 7.05 Å². The molecule has 1 N–H and O–H groups in total. The lowest BCUT2D eigenvalue weighted by molar-refractivity contribution is -0.129. The molecule has 4 heteroatoms. The van der Waals surface area contributed by atoms with Crippen LogP contribution in [0.15, 0.2) is 0 Å². The zero-order valence-corrected chi connectivity index (χ0v) is 5.67. The van der Waals surface area contributed by atoms with Gasteiger partial charge in [-0.15, -0.1) is 0 Å². The Labute approximate surface area is 54.0 Å². The number of rotatable bonds is 4. The Bertz CT molecular complexity index is 64.0. The molecular weight excluding hydrogens is 125 g/mol. The Morgan fingerprint density at radius 3 is 2.67 bits per heavy atom. The van der Waals surface area contributed by atoms with Crippen molar-refractivity contribution in [2.24, 2.45) is 0 Å². The second-order valence-electron chi connectivity index (χ2n) is 1.80. The molecule has 1 unspecified atom stereocenters. The van der Waals surface area contributed by atoms with E-state index in [1.807, 2.05) is 0 Å². The molecule has 56 valence electrons. The van der Waals surface area contributed by atoms with Crippen molar-refractivity contribution >= 4 is 0 Å². The number of aliphatic hydroxyl groups excluding tert-OH is 1. The van der Waals surface area contributed by atoms with Gasteiger partial charge in [0, 0.05) is 7.05 Å². The van der Waals surface area contributed by atoms with E-state index in [0.717, 1.165) is 0 Å². The average molecular weight is 137 g/mol. The molecule has 0 amide bonds. The van der Waals surface area contributed by atoms with E-state index in [9.17, 15) is 4.39 Å². The van der Waals surface area contributed by atoms with Crippen molar-refractivity contribution in [1.82, 2.24) is 5.06 Å². The summed E-state index contributed by atoms with van der Waals surface area (Å²) < 4.78 is 11.6. The van der Waals surface area contributed by atoms with Crippen LogP contribution in [-0.2, 0) is 4.84 Å². The Hall–Kier alpha value is -0.190. The Morgan fingerprint density at radius 1 is 1.78 bits per heavy atom. The molecule has 0 heterocycles. The Morgan fingerprint density at radius 2 is 2.33 bits per heavy atom. The van der Waals surface area contributed by atoms with E-state index in [4.69, 9.17) is 5.11 Å². The number of hydrogen-bond donors (Lipinski definition) is 1. The van der Waals surface area contributed by atoms with Crippen LogP contribution in [0.1, 0.15) is 0 Å². The fraction of sp³-hybridized carbons (Fsp3) is 1.00. The fourth-order valence-corrected chi connectivity index (χ4v) is 0.420. The van der Waals surface area contributed by atoms with Crippen LogP contribution >= 0.6 is 0 Å². The second kappa shape index (κ2) is 4.67. The summed E-state index contributed by atoms with van der Waals surface area (Å²) in [6.07, 6.45) is -0.935. The molecular formula is C5H12FNO2. The molecule has 0 saturated heterocycles. The van der Waals surface area contributed by atoms with Crippen LogP contribution < -0.4 is 0 Å². The molecule has 0 aromatic heterocycles. The molecule has 0 rings (SSSR count). The van der Waals surface area contributed by atoms with Gasteiger partial charge in [-0.25, -0.2) is 4.39 Å². The molecule has 0 aliphatic heterocycles. The van der Waals surface area contributed by atoms with Gasteiger partial charge in [0.15, 0.2) is 0 Å². The highest BCUT2D eigenvalue weighted by Crippen LogP contribution is 1.88. The SMILES string of the molecule is CON(C)CC(O)CF. The van der Waals surface area contributed by atoms with Gasteiger partial charge in [-0.1, -0.05) is 0 Å². The smallest absolute Gasteiger partial charge is 0.117 e. The maximum absolute atomic E-state index is 11.6. The van der Waals surface area contributed by atoms with Gasteiger partial charge < -0.3 is 9.94 Å². The number of halogens is 1. The van der Waals surface area contributed by atoms with E-state index in [1.165, 1.54) is 12.2 Å². The number of hydrogen-bond acceptors (Lipinski definition) is 3. The van der Waals surface area contributed by atoms with Crippen LogP contribution in [0.25, 0.3) is 0 Å². The average Bonchev–Trinajstić information content (AvgIpc) is 1.87. The number of hydroxylamine groups is 2. The van der Waals surface area contributed by atoms with Crippen molar-refractivity contribution in [2.45, 2.75) is 6.10 Å². The minimum atomic E-state index is -0.935. The summed E-state index contributed by atoms with van der Waals surface area (Å²) >= 11 is 0. The minimum absolute atomic E-state index is 0.201. The van der Waals surface area contributed by atoms with Gasteiger partial charge >= 0.3 is 0 Å². The first-order chi connectivity index (χ1) is 4.20. The van der Waals surface area contributed by atoms with E-state index < -0.39 is 12.8 Å². The first kappa shape index (κ1) is 8.81. The third-order valence-electron chi connectivity index (χ3n) is 0.958. The molecule has 0 aliphatic carbocycles.